The fraction of sp³-hybridized carbons (Fsp3) is 0.326. The minimum Gasteiger partial charge on any atom is -0.508 e. The van der Waals surface area contributed by atoms with Gasteiger partial charge in [0.15, 0.2) is 11.5 Å². The van der Waals surface area contributed by atoms with E-state index in [1.807, 2.05) is 25.1 Å². The van der Waals surface area contributed by atoms with Gasteiger partial charge in [0.2, 0.25) is 11.8 Å². The van der Waals surface area contributed by atoms with Crippen molar-refractivity contribution in [1.82, 2.24) is 33.3 Å². The molecule has 4 atom stereocenters. The van der Waals surface area contributed by atoms with Crippen molar-refractivity contribution in [2.24, 2.45) is 25.4 Å². The quantitative estimate of drug-likeness (QED) is 0.143. The van der Waals surface area contributed by atoms with Crippen LogP contribution in [0.5, 0.6) is 23.0 Å². The van der Waals surface area contributed by atoms with Crippen LogP contribution in [-0.4, -0.2) is 71.5 Å². The number of anilines is 1. The first-order valence-electron chi connectivity index (χ1n) is 20.8. The molecule has 0 bridgehead atoms. The van der Waals surface area contributed by atoms with Gasteiger partial charge >= 0.3 is 11.4 Å². The number of hydrogen-bond acceptors (Lipinski definition) is 12. The maximum Gasteiger partial charge on any atom is 0.347 e. The molecule has 3 aromatic carbocycles. The Bertz CT molecular complexity index is 3430. The normalized spacial score (nSPS) is 20.3. The second-order valence-electron chi connectivity index (χ2n) is 16.8. The summed E-state index contributed by atoms with van der Waals surface area (Å²) in [5, 5.41) is 18.0. The summed E-state index contributed by atoms with van der Waals surface area (Å²) in [6, 6.07) is 14.6. The number of hydrogen-bond donors (Lipinski definition) is 1. The van der Waals surface area contributed by atoms with E-state index in [0.717, 1.165) is 25.1 Å². The smallest absolute Gasteiger partial charge is 0.347 e. The van der Waals surface area contributed by atoms with Gasteiger partial charge in [-0.2, -0.15) is 5.10 Å². The number of benzene rings is 3. The van der Waals surface area contributed by atoms with Crippen LogP contribution in [0.1, 0.15) is 42.1 Å². The molecule has 334 valence electrons. The van der Waals surface area contributed by atoms with Gasteiger partial charge in [0.1, 0.15) is 28.7 Å². The first kappa shape index (κ1) is 42.1. The van der Waals surface area contributed by atoms with Crippen molar-refractivity contribution in [2.75, 3.05) is 26.2 Å². The minimum absolute atomic E-state index is 0.0157. The third-order valence-corrected chi connectivity index (χ3v) is 15.1. The van der Waals surface area contributed by atoms with Gasteiger partial charge in [0, 0.05) is 66.5 Å². The lowest BCUT2D eigenvalue weighted by atomic mass is 9.56. The average molecular weight is 919 g/mol. The molecule has 0 spiro atoms. The molecule has 7 aromatic rings. The van der Waals surface area contributed by atoms with Crippen LogP contribution in [0.3, 0.4) is 0 Å². The number of carbonyl (C=O) groups is 2. The van der Waals surface area contributed by atoms with E-state index in [-0.39, 0.29) is 54.5 Å². The fourth-order valence-corrected chi connectivity index (χ4v) is 11.7. The molecule has 3 aliphatic rings. The number of fused-ring (bicyclic) bond motifs is 6. The number of nitrogens with zero attached hydrogens (tertiary/aromatic N) is 8. The lowest BCUT2D eigenvalue weighted by Crippen LogP contribution is -2.49. The van der Waals surface area contributed by atoms with Crippen LogP contribution in [0, 0.1) is 18.3 Å². The van der Waals surface area contributed by atoms with Crippen molar-refractivity contribution >= 4 is 61.7 Å². The number of rotatable bonds is 9. The number of aromatic nitrogens is 7. The van der Waals surface area contributed by atoms with Gasteiger partial charge in [-0.1, -0.05) is 23.7 Å². The fourth-order valence-electron chi connectivity index (χ4n) is 10.3. The SMILES string of the molecule is COc1cc2nc(CCn3c(=O)n4n(c3=O)[C@@H]3C[C@H]5C(=O)N(c6cc(-c7sc8ccc(Cl)cc8c7C)nn6C)C(=O)[C@@]5(C)[C@@H](c5c(O)cccc5OC)C3=CC4)c(=O)n(C)c2cc1OC. The molecule has 0 radical (unpaired) electrons. The van der Waals surface area contributed by atoms with Crippen molar-refractivity contribution in [3.63, 3.8) is 0 Å². The Morgan fingerprint density at radius 1 is 0.938 bits per heavy atom. The van der Waals surface area contributed by atoms with Gasteiger partial charge in [-0.3, -0.25) is 19.1 Å². The molecular formula is C46H43ClN8O9S. The van der Waals surface area contributed by atoms with E-state index in [4.69, 9.17) is 30.9 Å². The third kappa shape index (κ3) is 5.99. The number of halogens is 1. The van der Waals surface area contributed by atoms with Crippen molar-refractivity contribution in [1.29, 1.82) is 0 Å². The van der Waals surface area contributed by atoms with Crippen molar-refractivity contribution < 1.29 is 28.9 Å². The van der Waals surface area contributed by atoms with Gasteiger partial charge in [-0.05, 0) is 67.1 Å². The van der Waals surface area contributed by atoms with Crippen molar-refractivity contribution in [3.8, 4) is 33.6 Å². The highest BCUT2D eigenvalue weighted by molar-refractivity contribution is 7.22. The van der Waals surface area contributed by atoms with Crippen LogP contribution in [0.15, 0.2) is 80.6 Å². The molecule has 2 fully saturated rings. The number of imide groups is 1. The van der Waals surface area contributed by atoms with Gasteiger partial charge in [-0.15, -0.1) is 11.3 Å². The summed E-state index contributed by atoms with van der Waals surface area (Å²) in [6.07, 6.45) is 1.73. The van der Waals surface area contributed by atoms with Gasteiger partial charge in [0.05, 0.1) is 61.2 Å². The highest BCUT2D eigenvalue weighted by atomic mass is 35.5. The molecule has 19 heteroatoms. The zero-order chi connectivity index (χ0) is 46.0. The maximum atomic E-state index is 15.3. The summed E-state index contributed by atoms with van der Waals surface area (Å²) in [6.45, 7) is 3.48. The second-order valence-corrected chi connectivity index (χ2v) is 18.3. The van der Waals surface area contributed by atoms with Crippen LogP contribution in [0.25, 0.3) is 31.7 Å². The molecule has 1 saturated carbocycles. The molecule has 10 rings (SSSR count). The molecule has 2 amide bonds. The third-order valence-electron chi connectivity index (χ3n) is 13.6. The van der Waals surface area contributed by atoms with Crippen molar-refractivity contribution in [3.05, 3.63) is 119 Å². The monoisotopic (exact) mass is 918 g/mol. The highest BCUT2D eigenvalue weighted by Gasteiger charge is 2.66. The number of amides is 2. The first-order valence-corrected chi connectivity index (χ1v) is 22.0. The number of ether oxygens (including phenoxy) is 3. The summed E-state index contributed by atoms with van der Waals surface area (Å²) in [5.41, 5.74) is 0.298. The first-order chi connectivity index (χ1) is 31.1. The minimum atomic E-state index is -1.50. The Kier molecular flexibility index (Phi) is 9.76. The number of aromatic hydroxyl groups is 1. The van der Waals surface area contributed by atoms with E-state index in [1.165, 1.54) is 62.2 Å². The van der Waals surface area contributed by atoms with Gasteiger partial charge in [0.25, 0.3) is 5.56 Å². The maximum absolute atomic E-state index is 15.3. The van der Waals surface area contributed by atoms with Crippen molar-refractivity contribution in [2.45, 2.75) is 51.7 Å². The molecule has 1 saturated heterocycles. The van der Waals surface area contributed by atoms with E-state index in [0.29, 0.717) is 38.8 Å². The topological polar surface area (TPSA) is 187 Å². The predicted molar refractivity (Wildman–Crippen MR) is 244 cm³/mol. The summed E-state index contributed by atoms with van der Waals surface area (Å²) in [4.78, 5) is 79.4. The van der Waals surface area contributed by atoms with E-state index in [9.17, 15) is 19.5 Å². The van der Waals surface area contributed by atoms with Crippen LogP contribution in [0.4, 0.5) is 5.82 Å². The van der Waals surface area contributed by atoms with Crippen LogP contribution < -0.4 is 36.0 Å². The Hall–Kier alpha value is -6.92. The predicted octanol–water partition coefficient (Wildman–Crippen LogP) is 5.47. The highest BCUT2D eigenvalue weighted by Crippen LogP contribution is 2.63. The zero-order valence-electron chi connectivity index (χ0n) is 36.4. The lowest BCUT2D eigenvalue weighted by Gasteiger charge is -2.47. The number of methoxy groups -OCH3 is 3. The second kappa shape index (κ2) is 15.1. The summed E-state index contributed by atoms with van der Waals surface area (Å²) < 4.78 is 24.4. The van der Waals surface area contributed by atoms with E-state index in [1.54, 1.807) is 57.4 Å². The molecule has 2 aliphatic heterocycles. The van der Waals surface area contributed by atoms with E-state index < -0.39 is 52.0 Å². The van der Waals surface area contributed by atoms with Gasteiger partial charge in [-0.25, -0.2) is 33.4 Å². The Balaban J connectivity index is 1.06. The average Bonchev–Trinajstić information content (AvgIpc) is 3.96. The standard InChI is InChI=1S/C46H43ClN8O9S/c1-22-25-17-23(47)11-12-36(25)65-40(22)29-20-37(51(4)49-29)54-41(57)26-18-30-24(39(46(26,2)43(54)59)38-32(56)9-8-10-33(38)62-5)13-16-53-44(60)52(45(61)55(30)53)15-14-27-42(58)50(3)31-21-35(64-7)34(63-6)19-28(31)48-27/h8-13,17,19-21,26,30,39,56H,14-16,18H2,1-7H3/t26-,30+,39+,46+/m0/s1. The largest absolute Gasteiger partial charge is 0.508 e. The van der Waals surface area contributed by atoms with Crippen LogP contribution >= 0.6 is 22.9 Å². The molecule has 17 nitrogen and oxygen atoms in total. The lowest BCUT2D eigenvalue weighted by molar-refractivity contribution is -0.129. The number of thiophene rings is 1. The summed E-state index contributed by atoms with van der Waals surface area (Å²) in [5.74, 6) is -1.81. The number of aryl methyl sites for hydroxylation is 4. The summed E-state index contributed by atoms with van der Waals surface area (Å²) in [7, 11) is 7.72. The summed E-state index contributed by atoms with van der Waals surface area (Å²) >= 11 is 7.87. The van der Waals surface area contributed by atoms with Crippen LogP contribution in [0.2, 0.25) is 5.02 Å². The van der Waals surface area contributed by atoms with Gasteiger partial charge < -0.3 is 23.9 Å². The molecular weight excluding hydrogens is 876 g/mol. The molecule has 0 unspecified atom stereocenters. The number of phenolic OH excluding ortho intramolecular Hbond substituents is 1. The molecule has 65 heavy (non-hydrogen) atoms. The number of phenols is 1. The number of carbonyl (C=O) groups excluding carboxylic acids is 2. The van der Waals surface area contributed by atoms with E-state index in [2.05, 4.69) is 4.98 Å². The Labute approximate surface area is 378 Å². The Morgan fingerprint density at radius 3 is 2.42 bits per heavy atom. The van der Waals surface area contributed by atoms with E-state index >= 15 is 9.59 Å². The Morgan fingerprint density at radius 2 is 1.68 bits per heavy atom. The zero-order valence-corrected chi connectivity index (χ0v) is 38.0. The van der Waals surface area contributed by atoms with Crippen LogP contribution in [-0.2, 0) is 43.2 Å². The molecule has 6 heterocycles. The molecule has 1 N–H and O–H groups in total. The number of allylic oxidation sites excluding steroid dienone is 2. The molecule has 1 aliphatic carbocycles. The molecule has 4 aromatic heterocycles.